The van der Waals surface area contributed by atoms with Gasteiger partial charge in [0.1, 0.15) is 5.69 Å². The van der Waals surface area contributed by atoms with Gasteiger partial charge in [-0.2, -0.15) is 0 Å². The molecule has 1 aromatic heterocycles. The highest BCUT2D eigenvalue weighted by atomic mass is 16.5. The molecule has 1 aromatic carbocycles. The normalized spacial score (nSPS) is 10.5. The standard InChI is InChI=1S/C11H12N2O4/c1-15-8-4-3-6-7(5-9(12)14)13-17-10(6)11(8)16-2/h3-4H,5H2,1-2H3,(H2,12,14). The lowest BCUT2D eigenvalue weighted by molar-refractivity contribution is -0.117. The molecule has 0 saturated carbocycles. The van der Waals surface area contributed by atoms with Crippen LogP contribution in [0.2, 0.25) is 0 Å². The molecule has 0 fully saturated rings. The lowest BCUT2D eigenvalue weighted by atomic mass is 10.1. The third-order valence-electron chi connectivity index (χ3n) is 2.40. The number of methoxy groups -OCH3 is 2. The van der Waals surface area contributed by atoms with Gasteiger partial charge < -0.3 is 19.7 Å². The molecule has 0 aliphatic heterocycles. The van der Waals surface area contributed by atoms with Gasteiger partial charge in [0.2, 0.25) is 17.2 Å². The number of nitrogens with two attached hydrogens (primary N) is 1. The Hall–Kier alpha value is -2.24. The van der Waals surface area contributed by atoms with Crippen molar-refractivity contribution in [2.75, 3.05) is 14.2 Å². The predicted molar refractivity (Wildman–Crippen MR) is 60.0 cm³/mol. The molecule has 2 aromatic rings. The van der Waals surface area contributed by atoms with E-state index in [4.69, 9.17) is 19.7 Å². The van der Waals surface area contributed by atoms with Crippen LogP contribution in [0.3, 0.4) is 0 Å². The van der Waals surface area contributed by atoms with E-state index in [1.165, 1.54) is 14.2 Å². The number of benzene rings is 1. The second kappa shape index (κ2) is 4.32. The molecule has 0 saturated heterocycles. The molecule has 2 rings (SSSR count). The molecular weight excluding hydrogens is 224 g/mol. The maximum absolute atomic E-state index is 10.9. The number of ether oxygens (including phenoxy) is 2. The van der Waals surface area contributed by atoms with Crippen molar-refractivity contribution in [3.8, 4) is 11.5 Å². The molecule has 0 bridgehead atoms. The van der Waals surface area contributed by atoms with E-state index in [0.29, 0.717) is 28.2 Å². The van der Waals surface area contributed by atoms with Gasteiger partial charge >= 0.3 is 0 Å². The number of fused-ring (bicyclic) bond motifs is 1. The first-order valence-electron chi connectivity index (χ1n) is 4.95. The summed E-state index contributed by atoms with van der Waals surface area (Å²) in [6.07, 6.45) is 0.0302. The van der Waals surface area contributed by atoms with E-state index in [1.54, 1.807) is 12.1 Å². The molecule has 0 atom stereocenters. The zero-order valence-corrected chi connectivity index (χ0v) is 9.52. The van der Waals surface area contributed by atoms with E-state index in [1.807, 2.05) is 0 Å². The molecule has 1 heterocycles. The highest BCUT2D eigenvalue weighted by Gasteiger charge is 2.17. The highest BCUT2D eigenvalue weighted by Crippen LogP contribution is 2.36. The third-order valence-corrected chi connectivity index (χ3v) is 2.40. The zero-order valence-electron chi connectivity index (χ0n) is 9.52. The van der Waals surface area contributed by atoms with Crippen molar-refractivity contribution in [1.29, 1.82) is 0 Å². The molecular formula is C11H12N2O4. The molecule has 6 nitrogen and oxygen atoms in total. The Morgan fingerprint density at radius 3 is 2.76 bits per heavy atom. The smallest absolute Gasteiger partial charge is 0.223 e. The fourth-order valence-electron chi connectivity index (χ4n) is 1.66. The summed E-state index contributed by atoms with van der Waals surface area (Å²) >= 11 is 0. The third kappa shape index (κ3) is 1.89. The van der Waals surface area contributed by atoms with Gasteiger partial charge in [0, 0.05) is 5.39 Å². The van der Waals surface area contributed by atoms with Gasteiger partial charge in [-0.1, -0.05) is 5.16 Å². The molecule has 0 aliphatic rings. The Kier molecular flexibility index (Phi) is 2.86. The van der Waals surface area contributed by atoms with Crippen molar-refractivity contribution in [1.82, 2.24) is 5.16 Å². The van der Waals surface area contributed by atoms with Crippen LogP contribution in [0, 0.1) is 0 Å². The summed E-state index contributed by atoms with van der Waals surface area (Å²) in [6.45, 7) is 0. The van der Waals surface area contributed by atoms with E-state index in [0.717, 1.165) is 0 Å². The van der Waals surface area contributed by atoms with Crippen molar-refractivity contribution < 1.29 is 18.8 Å². The van der Waals surface area contributed by atoms with Crippen molar-refractivity contribution in [2.24, 2.45) is 5.73 Å². The van der Waals surface area contributed by atoms with E-state index < -0.39 is 5.91 Å². The number of nitrogens with zero attached hydrogens (tertiary/aromatic N) is 1. The van der Waals surface area contributed by atoms with E-state index >= 15 is 0 Å². The van der Waals surface area contributed by atoms with Crippen LogP contribution in [-0.2, 0) is 11.2 Å². The van der Waals surface area contributed by atoms with Gasteiger partial charge in [-0.25, -0.2) is 0 Å². The molecule has 1 amide bonds. The van der Waals surface area contributed by atoms with Crippen molar-refractivity contribution in [3.05, 3.63) is 17.8 Å². The van der Waals surface area contributed by atoms with Crippen LogP contribution in [0.1, 0.15) is 5.69 Å². The lowest BCUT2D eigenvalue weighted by Crippen LogP contribution is -2.13. The van der Waals surface area contributed by atoms with Gasteiger partial charge in [-0.05, 0) is 12.1 Å². The summed E-state index contributed by atoms with van der Waals surface area (Å²) in [4.78, 5) is 10.9. The fourth-order valence-corrected chi connectivity index (χ4v) is 1.66. The molecule has 0 unspecified atom stereocenters. The number of primary amides is 1. The van der Waals surface area contributed by atoms with Gasteiger partial charge in [-0.15, -0.1) is 0 Å². The number of hydrogen-bond donors (Lipinski definition) is 1. The maximum atomic E-state index is 10.9. The monoisotopic (exact) mass is 236 g/mol. The summed E-state index contributed by atoms with van der Waals surface area (Å²) in [7, 11) is 3.04. The quantitative estimate of drug-likeness (QED) is 0.851. The largest absolute Gasteiger partial charge is 0.493 e. The molecule has 0 radical (unpaired) electrons. The average molecular weight is 236 g/mol. The minimum Gasteiger partial charge on any atom is -0.493 e. The molecule has 2 N–H and O–H groups in total. The van der Waals surface area contributed by atoms with E-state index in [-0.39, 0.29) is 6.42 Å². The summed E-state index contributed by atoms with van der Waals surface area (Å²) in [5.74, 6) is 0.532. The minimum atomic E-state index is -0.463. The first-order valence-corrected chi connectivity index (χ1v) is 4.95. The summed E-state index contributed by atoms with van der Waals surface area (Å²) in [6, 6.07) is 3.48. The fraction of sp³-hybridized carbons (Fsp3) is 0.273. The van der Waals surface area contributed by atoms with Crippen LogP contribution >= 0.6 is 0 Å². The first kappa shape index (κ1) is 11.3. The van der Waals surface area contributed by atoms with E-state index in [9.17, 15) is 4.79 Å². The maximum Gasteiger partial charge on any atom is 0.223 e. The van der Waals surface area contributed by atoms with Crippen LogP contribution in [0.5, 0.6) is 11.5 Å². The van der Waals surface area contributed by atoms with Crippen molar-refractivity contribution >= 4 is 16.9 Å². The van der Waals surface area contributed by atoms with Gasteiger partial charge in [0.15, 0.2) is 5.75 Å². The Morgan fingerprint density at radius 2 is 2.18 bits per heavy atom. The van der Waals surface area contributed by atoms with Crippen LogP contribution in [0.4, 0.5) is 0 Å². The number of hydrogen-bond acceptors (Lipinski definition) is 5. The topological polar surface area (TPSA) is 87.6 Å². The van der Waals surface area contributed by atoms with E-state index in [2.05, 4.69) is 5.16 Å². The average Bonchev–Trinajstić information content (AvgIpc) is 2.70. The van der Waals surface area contributed by atoms with Crippen LogP contribution in [0.15, 0.2) is 16.7 Å². The lowest BCUT2D eigenvalue weighted by Gasteiger charge is -2.06. The number of carbonyl (C=O) groups excluding carboxylic acids is 1. The second-order valence-corrected chi connectivity index (χ2v) is 3.45. The number of rotatable bonds is 4. The first-order chi connectivity index (χ1) is 8.17. The van der Waals surface area contributed by atoms with Gasteiger partial charge in [-0.3, -0.25) is 4.79 Å². The molecule has 17 heavy (non-hydrogen) atoms. The highest BCUT2D eigenvalue weighted by molar-refractivity contribution is 5.90. The number of amides is 1. The Morgan fingerprint density at radius 1 is 1.41 bits per heavy atom. The minimum absolute atomic E-state index is 0.0302. The SMILES string of the molecule is COc1ccc2c(CC(N)=O)noc2c1OC. The zero-order chi connectivity index (χ0) is 12.4. The molecule has 0 spiro atoms. The predicted octanol–water partition coefficient (Wildman–Crippen LogP) is 0.873. The molecule has 6 heteroatoms. The van der Waals surface area contributed by atoms with Crippen LogP contribution < -0.4 is 15.2 Å². The van der Waals surface area contributed by atoms with Crippen molar-refractivity contribution in [3.63, 3.8) is 0 Å². The van der Waals surface area contributed by atoms with Crippen LogP contribution in [-0.4, -0.2) is 25.3 Å². The van der Waals surface area contributed by atoms with Crippen molar-refractivity contribution in [2.45, 2.75) is 6.42 Å². The second-order valence-electron chi connectivity index (χ2n) is 3.45. The summed E-state index contributed by atoms with van der Waals surface area (Å²) in [5, 5.41) is 4.50. The van der Waals surface area contributed by atoms with Gasteiger partial charge in [0.05, 0.1) is 20.6 Å². The number of aromatic nitrogens is 1. The Balaban J connectivity index is 2.60. The molecule has 90 valence electrons. The summed E-state index contributed by atoms with van der Waals surface area (Å²) in [5.41, 5.74) is 6.07. The van der Waals surface area contributed by atoms with Gasteiger partial charge in [0.25, 0.3) is 0 Å². The Labute approximate surface area is 97.3 Å². The Bertz CT molecular complexity index is 562. The summed E-state index contributed by atoms with van der Waals surface area (Å²) < 4.78 is 15.5. The van der Waals surface area contributed by atoms with Crippen LogP contribution in [0.25, 0.3) is 11.0 Å². The molecule has 0 aliphatic carbocycles. The number of carbonyl (C=O) groups is 1.